The largest absolute Gasteiger partial charge is 0.497 e. The normalized spacial score (nSPS) is 13.6. The minimum Gasteiger partial charge on any atom is -0.497 e. The molecular weight excluding hydrogens is 256 g/mol. The lowest BCUT2D eigenvalue weighted by Gasteiger charge is -2.32. The quantitative estimate of drug-likeness (QED) is 0.761. The molecule has 0 fully saturated rings. The summed E-state index contributed by atoms with van der Waals surface area (Å²) in [5.41, 5.74) is 5.68. The van der Waals surface area contributed by atoms with Gasteiger partial charge in [-0.3, -0.25) is 4.79 Å². The van der Waals surface area contributed by atoms with Crippen LogP contribution >= 0.6 is 0 Å². The van der Waals surface area contributed by atoms with Gasteiger partial charge in [0.1, 0.15) is 11.5 Å². The molecule has 0 aliphatic rings. The van der Waals surface area contributed by atoms with E-state index >= 15 is 0 Å². The Labute approximate surface area is 120 Å². The van der Waals surface area contributed by atoms with Gasteiger partial charge in [-0.15, -0.1) is 0 Å². The first-order valence-corrected chi connectivity index (χ1v) is 6.72. The number of methoxy groups -OCH3 is 2. The van der Waals surface area contributed by atoms with Gasteiger partial charge in [-0.2, -0.15) is 0 Å². The maximum Gasteiger partial charge on any atom is 0.219 e. The Balaban J connectivity index is 3.26. The van der Waals surface area contributed by atoms with E-state index in [1.54, 1.807) is 14.2 Å². The van der Waals surface area contributed by atoms with Crippen LogP contribution < -0.4 is 20.5 Å². The van der Waals surface area contributed by atoms with Crippen LogP contribution in [0.1, 0.15) is 32.3 Å². The lowest BCUT2D eigenvalue weighted by atomic mass is 9.87. The smallest absolute Gasteiger partial charge is 0.219 e. The minimum atomic E-state index is -0.582. The summed E-state index contributed by atoms with van der Waals surface area (Å²) in [6.07, 6.45) is 1.15. The zero-order chi connectivity index (χ0) is 15.2. The van der Waals surface area contributed by atoms with Crippen molar-refractivity contribution < 1.29 is 14.3 Å². The zero-order valence-corrected chi connectivity index (χ0v) is 12.7. The topological polar surface area (TPSA) is 73.6 Å². The molecule has 1 rings (SSSR count). The molecule has 20 heavy (non-hydrogen) atoms. The first kappa shape index (κ1) is 16.3. The van der Waals surface area contributed by atoms with Crippen LogP contribution in [0.15, 0.2) is 18.2 Å². The predicted octanol–water partition coefficient (Wildman–Crippen LogP) is 1.79. The highest BCUT2D eigenvalue weighted by Gasteiger charge is 2.31. The third-order valence-electron chi connectivity index (χ3n) is 3.29. The van der Waals surface area contributed by atoms with E-state index in [1.165, 1.54) is 0 Å². The van der Waals surface area contributed by atoms with Crippen LogP contribution in [0.3, 0.4) is 0 Å². The first-order valence-electron chi connectivity index (χ1n) is 6.72. The highest BCUT2D eigenvalue weighted by atomic mass is 16.5. The molecule has 0 saturated heterocycles. The fourth-order valence-corrected chi connectivity index (χ4v) is 2.25. The number of carbonyl (C=O) groups is 1. The van der Waals surface area contributed by atoms with Gasteiger partial charge in [0, 0.05) is 12.0 Å². The van der Waals surface area contributed by atoms with Gasteiger partial charge in [0.25, 0.3) is 0 Å². The van der Waals surface area contributed by atoms with E-state index in [0.29, 0.717) is 5.75 Å². The number of amides is 1. The second kappa shape index (κ2) is 7.14. The summed E-state index contributed by atoms with van der Waals surface area (Å²) in [5.74, 6) is 1.06. The van der Waals surface area contributed by atoms with Crippen molar-refractivity contribution in [1.29, 1.82) is 0 Å². The molecule has 0 saturated carbocycles. The fraction of sp³-hybridized carbons (Fsp3) is 0.533. The maximum absolute atomic E-state index is 11.4. The predicted molar refractivity (Wildman–Crippen MR) is 79.0 cm³/mol. The van der Waals surface area contributed by atoms with Gasteiger partial charge in [0.15, 0.2) is 0 Å². The average molecular weight is 280 g/mol. The molecule has 3 N–H and O–H groups in total. The number of hydrogen-bond donors (Lipinski definition) is 2. The molecule has 0 aliphatic carbocycles. The lowest BCUT2D eigenvalue weighted by molar-refractivity contribution is -0.119. The molecule has 0 radical (unpaired) electrons. The summed E-state index contributed by atoms with van der Waals surface area (Å²) in [7, 11) is 3.21. The molecular formula is C15H24N2O3. The zero-order valence-electron chi connectivity index (χ0n) is 12.7. The number of ether oxygens (including phenoxy) is 2. The van der Waals surface area contributed by atoms with Crippen molar-refractivity contribution in [2.75, 3.05) is 20.8 Å². The SMILES string of the molecule is CCCNC(C)(CC(N)=O)c1cc(OC)ccc1OC. The second-order valence-corrected chi connectivity index (χ2v) is 4.97. The van der Waals surface area contributed by atoms with Gasteiger partial charge in [0.05, 0.1) is 19.8 Å². The van der Waals surface area contributed by atoms with E-state index in [1.807, 2.05) is 25.1 Å². The van der Waals surface area contributed by atoms with E-state index in [4.69, 9.17) is 15.2 Å². The third-order valence-corrected chi connectivity index (χ3v) is 3.29. The Bertz CT molecular complexity index is 462. The van der Waals surface area contributed by atoms with Crippen LogP contribution in [0.4, 0.5) is 0 Å². The summed E-state index contributed by atoms with van der Waals surface area (Å²) in [5, 5.41) is 3.38. The second-order valence-electron chi connectivity index (χ2n) is 4.97. The Kier molecular flexibility index (Phi) is 5.82. The van der Waals surface area contributed by atoms with Crippen LogP contribution in [0.2, 0.25) is 0 Å². The van der Waals surface area contributed by atoms with Crippen molar-refractivity contribution in [3.8, 4) is 11.5 Å². The number of benzene rings is 1. The summed E-state index contributed by atoms with van der Waals surface area (Å²) in [4.78, 5) is 11.4. The van der Waals surface area contributed by atoms with E-state index in [9.17, 15) is 4.79 Å². The van der Waals surface area contributed by atoms with Crippen molar-refractivity contribution in [3.05, 3.63) is 23.8 Å². The van der Waals surface area contributed by atoms with Crippen LogP contribution in [0.5, 0.6) is 11.5 Å². The molecule has 0 aromatic heterocycles. The van der Waals surface area contributed by atoms with Crippen molar-refractivity contribution in [3.63, 3.8) is 0 Å². The summed E-state index contributed by atoms with van der Waals surface area (Å²) >= 11 is 0. The first-order chi connectivity index (χ1) is 9.46. The Morgan fingerprint density at radius 2 is 2.05 bits per heavy atom. The molecule has 1 aromatic rings. The molecule has 1 amide bonds. The van der Waals surface area contributed by atoms with Crippen molar-refractivity contribution in [2.45, 2.75) is 32.2 Å². The Morgan fingerprint density at radius 1 is 1.35 bits per heavy atom. The fourth-order valence-electron chi connectivity index (χ4n) is 2.25. The van der Waals surface area contributed by atoms with Crippen LogP contribution in [-0.4, -0.2) is 26.7 Å². The van der Waals surface area contributed by atoms with Gasteiger partial charge >= 0.3 is 0 Å². The maximum atomic E-state index is 11.4. The number of rotatable bonds is 8. The molecule has 112 valence electrons. The number of carbonyl (C=O) groups excluding carboxylic acids is 1. The molecule has 1 aromatic carbocycles. The summed E-state index contributed by atoms with van der Waals surface area (Å²) < 4.78 is 10.7. The molecule has 0 aliphatic heterocycles. The number of nitrogens with one attached hydrogen (secondary N) is 1. The van der Waals surface area contributed by atoms with Crippen LogP contribution in [-0.2, 0) is 10.3 Å². The minimum absolute atomic E-state index is 0.191. The molecule has 5 heteroatoms. The van der Waals surface area contributed by atoms with Gasteiger partial charge in [-0.05, 0) is 38.1 Å². The molecule has 1 unspecified atom stereocenters. The van der Waals surface area contributed by atoms with E-state index in [-0.39, 0.29) is 12.3 Å². The number of primary amides is 1. The summed E-state index contributed by atoms with van der Waals surface area (Å²) in [6.45, 7) is 4.80. The highest BCUT2D eigenvalue weighted by molar-refractivity contribution is 5.75. The summed E-state index contributed by atoms with van der Waals surface area (Å²) in [6, 6.07) is 5.54. The molecule has 5 nitrogen and oxygen atoms in total. The third kappa shape index (κ3) is 3.87. The standard InChI is InChI=1S/C15H24N2O3/c1-5-8-17-15(2,10-14(16)18)12-9-11(19-3)6-7-13(12)20-4/h6-7,9,17H,5,8,10H2,1-4H3,(H2,16,18). The molecule has 0 bridgehead atoms. The van der Waals surface area contributed by atoms with Crippen LogP contribution in [0.25, 0.3) is 0 Å². The van der Waals surface area contributed by atoms with Crippen molar-refractivity contribution in [1.82, 2.24) is 5.32 Å². The van der Waals surface area contributed by atoms with E-state index in [2.05, 4.69) is 12.2 Å². The van der Waals surface area contributed by atoms with Crippen LogP contribution in [0, 0.1) is 0 Å². The number of nitrogens with two attached hydrogens (primary N) is 1. The Morgan fingerprint density at radius 3 is 2.55 bits per heavy atom. The molecule has 0 heterocycles. The van der Waals surface area contributed by atoms with E-state index in [0.717, 1.165) is 24.3 Å². The Hall–Kier alpha value is -1.75. The average Bonchev–Trinajstić information content (AvgIpc) is 2.43. The number of hydrogen-bond acceptors (Lipinski definition) is 4. The van der Waals surface area contributed by atoms with Crippen molar-refractivity contribution >= 4 is 5.91 Å². The van der Waals surface area contributed by atoms with Crippen molar-refractivity contribution in [2.24, 2.45) is 5.73 Å². The highest BCUT2D eigenvalue weighted by Crippen LogP contribution is 2.35. The molecule has 0 spiro atoms. The monoisotopic (exact) mass is 280 g/mol. The lowest BCUT2D eigenvalue weighted by Crippen LogP contribution is -2.43. The van der Waals surface area contributed by atoms with Gasteiger partial charge in [-0.1, -0.05) is 6.92 Å². The van der Waals surface area contributed by atoms with Gasteiger partial charge in [0.2, 0.25) is 5.91 Å². The van der Waals surface area contributed by atoms with Gasteiger partial charge < -0.3 is 20.5 Å². The molecule has 1 atom stereocenters. The van der Waals surface area contributed by atoms with Gasteiger partial charge in [-0.25, -0.2) is 0 Å². The van der Waals surface area contributed by atoms with E-state index < -0.39 is 5.54 Å².